The lowest BCUT2D eigenvalue weighted by atomic mass is 10.1. The average molecular weight is 482 g/mol. The van der Waals surface area contributed by atoms with Crippen LogP contribution in [0.5, 0.6) is 0 Å². The molecule has 3 rings (SSSR count). The maximum absolute atomic E-state index is 12.3. The average Bonchev–Trinajstić information content (AvgIpc) is 2.71. The molecule has 0 atom stereocenters. The highest BCUT2D eigenvalue weighted by atomic mass is 35.5. The molecule has 154 valence electrons. The van der Waals surface area contributed by atoms with E-state index < -0.39 is 0 Å². The highest BCUT2D eigenvalue weighted by Gasteiger charge is 2.15. The molecule has 4 nitrogen and oxygen atoms in total. The molecule has 8 heteroatoms. The fourth-order valence-electron chi connectivity index (χ4n) is 2.75. The molecule has 0 aliphatic heterocycles. The number of rotatable bonds is 6. The van der Waals surface area contributed by atoms with Crippen LogP contribution in [0, 0.1) is 0 Å². The summed E-state index contributed by atoms with van der Waals surface area (Å²) >= 11 is 24.2. The lowest BCUT2D eigenvalue weighted by Gasteiger charge is -2.10. The molecule has 0 bridgehead atoms. The third-order valence-corrected chi connectivity index (χ3v) is 5.57. The number of carbonyl (C=O) groups excluding carboxylic acids is 2. The number of halogens is 4. The zero-order chi connectivity index (χ0) is 21.7. The van der Waals surface area contributed by atoms with Crippen LogP contribution in [-0.4, -0.2) is 11.8 Å². The van der Waals surface area contributed by atoms with E-state index in [1.165, 1.54) is 0 Å². The molecule has 2 N–H and O–H groups in total. The van der Waals surface area contributed by atoms with Crippen LogP contribution in [0.3, 0.4) is 0 Å². The van der Waals surface area contributed by atoms with Gasteiger partial charge in [-0.05, 0) is 35.4 Å². The van der Waals surface area contributed by atoms with Gasteiger partial charge >= 0.3 is 0 Å². The molecule has 3 aromatic rings. The van der Waals surface area contributed by atoms with Crippen LogP contribution in [0.4, 0.5) is 0 Å². The van der Waals surface area contributed by atoms with Gasteiger partial charge in [-0.1, -0.05) is 82.8 Å². The van der Waals surface area contributed by atoms with Crippen molar-refractivity contribution >= 4 is 58.2 Å². The standard InChI is InChI=1S/C22H16Cl4N2O2/c23-15-3-1-4-16(24)19(15)21(29)27-11-13-7-9-14(10-8-13)12-28-22(30)20-17(25)5-2-6-18(20)26/h1-10H,11-12H2,(H,27,29)(H,28,30). The Bertz CT molecular complexity index is 958. The van der Waals surface area contributed by atoms with Gasteiger partial charge in [-0.25, -0.2) is 0 Å². The van der Waals surface area contributed by atoms with E-state index in [1.54, 1.807) is 36.4 Å². The monoisotopic (exact) mass is 480 g/mol. The molecule has 0 fully saturated rings. The highest BCUT2D eigenvalue weighted by Crippen LogP contribution is 2.25. The van der Waals surface area contributed by atoms with Crippen LogP contribution in [0.15, 0.2) is 60.7 Å². The van der Waals surface area contributed by atoms with E-state index >= 15 is 0 Å². The summed E-state index contributed by atoms with van der Waals surface area (Å²) in [5.41, 5.74) is 2.27. The Morgan fingerprint density at radius 2 is 0.867 bits per heavy atom. The molecule has 0 saturated carbocycles. The Labute approximate surface area is 194 Å². The van der Waals surface area contributed by atoms with Crippen LogP contribution < -0.4 is 10.6 Å². The summed E-state index contributed by atoms with van der Waals surface area (Å²) in [7, 11) is 0. The van der Waals surface area contributed by atoms with E-state index in [-0.39, 0.29) is 22.9 Å². The quantitative estimate of drug-likeness (QED) is 0.442. The Kier molecular flexibility index (Phi) is 7.62. The van der Waals surface area contributed by atoms with E-state index in [4.69, 9.17) is 46.4 Å². The first kappa shape index (κ1) is 22.4. The van der Waals surface area contributed by atoms with Gasteiger partial charge in [0.05, 0.1) is 31.2 Å². The van der Waals surface area contributed by atoms with E-state index in [0.29, 0.717) is 33.2 Å². The number of hydrogen-bond acceptors (Lipinski definition) is 2. The predicted octanol–water partition coefficient (Wildman–Crippen LogP) is 6.16. The third kappa shape index (κ3) is 5.46. The second-order valence-corrected chi connectivity index (χ2v) is 8.00. The summed E-state index contributed by atoms with van der Waals surface area (Å²) in [4.78, 5) is 24.7. The molecule has 0 spiro atoms. The molecule has 0 aromatic heterocycles. The number of benzene rings is 3. The predicted molar refractivity (Wildman–Crippen MR) is 122 cm³/mol. The lowest BCUT2D eigenvalue weighted by Crippen LogP contribution is -2.24. The van der Waals surface area contributed by atoms with Gasteiger partial charge < -0.3 is 10.6 Å². The highest BCUT2D eigenvalue weighted by molar-refractivity contribution is 6.40. The van der Waals surface area contributed by atoms with Gasteiger partial charge in [0.2, 0.25) is 0 Å². The molecular weight excluding hydrogens is 466 g/mol. The van der Waals surface area contributed by atoms with Gasteiger partial charge in [-0.2, -0.15) is 0 Å². The molecule has 0 radical (unpaired) electrons. The van der Waals surface area contributed by atoms with Crippen molar-refractivity contribution < 1.29 is 9.59 Å². The minimum absolute atomic E-state index is 0.249. The molecule has 3 aromatic carbocycles. The molecule has 0 aliphatic carbocycles. The number of carbonyl (C=O) groups is 2. The van der Waals surface area contributed by atoms with E-state index in [1.807, 2.05) is 24.3 Å². The van der Waals surface area contributed by atoms with Crippen LogP contribution >= 0.6 is 46.4 Å². The molecule has 0 aliphatic rings. The van der Waals surface area contributed by atoms with Crippen LogP contribution in [-0.2, 0) is 13.1 Å². The summed E-state index contributed by atoms with van der Waals surface area (Å²) in [6.45, 7) is 0.616. The van der Waals surface area contributed by atoms with Crippen molar-refractivity contribution in [3.05, 3.63) is 103 Å². The fourth-order valence-corrected chi connectivity index (χ4v) is 3.88. The summed E-state index contributed by atoms with van der Waals surface area (Å²) < 4.78 is 0. The molecule has 0 heterocycles. The van der Waals surface area contributed by atoms with Crippen molar-refractivity contribution in [1.82, 2.24) is 10.6 Å². The largest absolute Gasteiger partial charge is 0.348 e. The zero-order valence-electron chi connectivity index (χ0n) is 15.5. The van der Waals surface area contributed by atoms with Gasteiger partial charge in [-0.3, -0.25) is 9.59 Å². The lowest BCUT2D eigenvalue weighted by molar-refractivity contribution is 0.0942. The first-order valence-corrected chi connectivity index (χ1v) is 10.4. The van der Waals surface area contributed by atoms with Crippen molar-refractivity contribution in [2.24, 2.45) is 0 Å². The summed E-state index contributed by atoms with van der Waals surface area (Å²) in [5, 5.41) is 6.77. The number of amides is 2. The summed E-state index contributed by atoms with van der Waals surface area (Å²) in [5.74, 6) is -0.697. The van der Waals surface area contributed by atoms with Gasteiger partial charge in [0.1, 0.15) is 0 Å². The first-order valence-electron chi connectivity index (χ1n) is 8.89. The minimum Gasteiger partial charge on any atom is -0.348 e. The minimum atomic E-state index is -0.349. The van der Waals surface area contributed by atoms with Crippen LogP contribution in [0.2, 0.25) is 20.1 Å². The number of hydrogen-bond donors (Lipinski definition) is 2. The molecular formula is C22H16Cl4N2O2. The topological polar surface area (TPSA) is 58.2 Å². The van der Waals surface area contributed by atoms with Crippen molar-refractivity contribution in [3.63, 3.8) is 0 Å². The number of nitrogens with one attached hydrogen (secondary N) is 2. The van der Waals surface area contributed by atoms with E-state index in [0.717, 1.165) is 11.1 Å². The zero-order valence-corrected chi connectivity index (χ0v) is 18.5. The molecule has 0 unspecified atom stereocenters. The van der Waals surface area contributed by atoms with Crippen molar-refractivity contribution in [2.45, 2.75) is 13.1 Å². The fraction of sp³-hybridized carbons (Fsp3) is 0.0909. The van der Waals surface area contributed by atoms with Crippen LogP contribution in [0.1, 0.15) is 31.8 Å². The maximum atomic E-state index is 12.3. The normalized spacial score (nSPS) is 10.5. The Morgan fingerprint density at radius 3 is 1.17 bits per heavy atom. The Balaban J connectivity index is 1.56. The van der Waals surface area contributed by atoms with Crippen molar-refractivity contribution in [1.29, 1.82) is 0 Å². The SMILES string of the molecule is O=C(NCc1ccc(CNC(=O)c2c(Cl)cccc2Cl)cc1)c1c(Cl)cccc1Cl. The molecule has 30 heavy (non-hydrogen) atoms. The van der Waals surface area contributed by atoms with Crippen molar-refractivity contribution in [2.75, 3.05) is 0 Å². The summed E-state index contributed by atoms with van der Waals surface area (Å²) in [6.07, 6.45) is 0. The first-order chi connectivity index (χ1) is 14.4. The third-order valence-electron chi connectivity index (χ3n) is 4.31. The van der Waals surface area contributed by atoms with Gasteiger partial charge in [0.25, 0.3) is 11.8 Å². The molecule has 2 amide bonds. The second kappa shape index (κ2) is 10.2. The van der Waals surface area contributed by atoms with Crippen LogP contribution in [0.25, 0.3) is 0 Å². The van der Waals surface area contributed by atoms with E-state index in [9.17, 15) is 9.59 Å². The van der Waals surface area contributed by atoms with Gasteiger partial charge in [0.15, 0.2) is 0 Å². The van der Waals surface area contributed by atoms with Gasteiger partial charge in [-0.15, -0.1) is 0 Å². The Morgan fingerprint density at radius 1 is 0.567 bits per heavy atom. The van der Waals surface area contributed by atoms with Crippen molar-refractivity contribution in [3.8, 4) is 0 Å². The van der Waals surface area contributed by atoms with E-state index in [2.05, 4.69) is 10.6 Å². The molecule has 0 saturated heterocycles. The maximum Gasteiger partial charge on any atom is 0.254 e. The summed E-state index contributed by atoms with van der Waals surface area (Å²) in [6, 6.07) is 17.2. The Hall–Kier alpha value is -2.24. The second-order valence-electron chi connectivity index (χ2n) is 6.38. The smallest absolute Gasteiger partial charge is 0.254 e. The van der Waals surface area contributed by atoms with Gasteiger partial charge in [0, 0.05) is 13.1 Å².